The molecule has 1 rings (SSSR count). The fourth-order valence-corrected chi connectivity index (χ4v) is 3.02. The Morgan fingerprint density at radius 1 is 1.39 bits per heavy atom. The van der Waals surface area contributed by atoms with E-state index >= 15 is 0 Å². The van der Waals surface area contributed by atoms with Gasteiger partial charge in [-0.2, -0.15) is 11.8 Å². The van der Waals surface area contributed by atoms with Gasteiger partial charge in [0, 0.05) is 6.54 Å². The van der Waals surface area contributed by atoms with Gasteiger partial charge in [-0.1, -0.05) is 27.2 Å². The normalized spacial score (nSPS) is 24.3. The lowest BCUT2D eigenvalue weighted by molar-refractivity contribution is -0.130. The Morgan fingerprint density at radius 2 is 2.11 bits per heavy atom. The topological polar surface area (TPSA) is 32.3 Å². The van der Waals surface area contributed by atoms with Crippen molar-refractivity contribution in [3.8, 4) is 0 Å². The highest BCUT2D eigenvalue weighted by molar-refractivity contribution is 7.98. The lowest BCUT2D eigenvalue weighted by atomic mass is 10.1. The molecule has 18 heavy (non-hydrogen) atoms. The Hall–Kier alpha value is -0.220. The molecular weight excluding hydrogens is 244 g/mol. The zero-order valence-electron chi connectivity index (χ0n) is 12.2. The molecule has 0 aromatic heterocycles. The molecule has 0 bridgehead atoms. The summed E-state index contributed by atoms with van der Waals surface area (Å²) in [6, 6.07) is 0.0583. The summed E-state index contributed by atoms with van der Waals surface area (Å²) < 4.78 is 0. The van der Waals surface area contributed by atoms with Gasteiger partial charge in [-0.3, -0.25) is 10.1 Å². The Balaban J connectivity index is 2.52. The van der Waals surface area contributed by atoms with Crippen molar-refractivity contribution < 1.29 is 4.79 Å². The van der Waals surface area contributed by atoms with Gasteiger partial charge in [0.05, 0.1) is 12.2 Å². The third-order valence-corrected chi connectivity index (χ3v) is 4.19. The average Bonchev–Trinajstić information content (AvgIpc) is 2.64. The number of hydrogen-bond donors (Lipinski definition) is 1. The summed E-state index contributed by atoms with van der Waals surface area (Å²) in [5, 5.41) is 3.50. The number of rotatable bonds is 8. The van der Waals surface area contributed by atoms with Gasteiger partial charge in [0.15, 0.2) is 0 Å². The van der Waals surface area contributed by atoms with Crippen LogP contribution in [0.3, 0.4) is 0 Å². The van der Waals surface area contributed by atoms with E-state index in [1.54, 1.807) is 0 Å². The molecule has 2 unspecified atom stereocenters. The van der Waals surface area contributed by atoms with Crippen LogP contribution in [-0.2, 0) is 4.79 Å². The predicted octanol–water partition coefficient (Wildman–Crippen LogP) is 2.71. The van der Waals surface area contributed by atoms with Gasteiger partial charge in [-0.15, -0.1) is 0 Å². The van der Waals surface area contributed by atoms with Crippen molar-refractivity contribution in [2.45, 2.75) is 58.7 Å². The van der Waals surface area contributed by atoms with E-state index in [0.717, 1.165) is 25.8 Å². The molecule has 0 aliphatic carbocycles. The average molecular weight is 272 g/mol. The summed E-state index contributed by atoms with van der Waals surface area (Å²) in [5.74, 6) is 2.00. The van der Waals surface area contributed by atoms with Crippen molar-refractivity contribution in [1.82, 2.24) is 10.2 Å². The zero-order valence-corrected chi connectivity index (χ0v) is 13.1. The number of carbonyl (C=O) groups is 1. The standard InChI is InChI=1S/C14H28N2OS/c1-5-8-12-14(17)16(9-6-7-10-18-4)13(15-12)11(2)3/h11-13,15H,5-10H2,1-4H3. The summed E-state index contributed by atoms with van der Waals surface area (Å²) >= 11 is 1.88. The number of hydrogen-bond acceptors (Lipinski definition) is 3. The van der Waals surface area contributed by atoms with Crippen LogP contribution in [0.4, 0.5) is 0 Å². The molecule has 1 fully saturated rings. The van der Waals surface area contributed by atoms with Crippen LogP contribution >= 0.6 is 11.8 Å². The van der Waals surface area contributed by atoms with Gasteiger partial charge in [0.2, 0.25) is 5.91 Å². The highest BCUT2D eigenvalue weighted by Crippen LogP contribution is 2.20. The molecule has 0 aromatic carbocycles. The maximum atomic E-state index is 12.3. The minimum absolute atomic E-state index is 0.0583. The Bertz CT molecular complexity index is 258. The van der Waals surface area contributed by atoms with E-state index in [2.05, 4.69) is 37.2 Å². The van der Waals surface area contributed by atoms with Crippen molar-refractivity contribution in [3.63, 3.8) is 0 Å². The third-order valence-electron chi connectivity index (χ3n) is 3.50. The molecule has 0 radical (unpaired) electrons. The quantitative estimate of drug-likeness (QED) is 0.690. The van der Waals surface area contributed by atoms with Crippen LogP contribution in [0.15, 0.2) is 0 Å². The number of unbranched alkanes of at least 4 members (excludes halogenated alkanes) is 1. The van der Waals surface area contributed by atoms with Crippen LogP contribution in [0.5, 0.6) is 0 Å². The van der Waals surface area contributed by atoms with Crippen LogP contribution in [0.1, 0.15) is 46.5 Å². The highest BCUT2D eigenvalue weighted by Gasteiger charge is 2.38. The van der Waals surface area contributed by atoms with Crippen LogP contribution in [0, 0.1) is 5.92 Å². The van der Waals surface area contributed by atoms with Crippen molar-refractivity contribution >= 4 is 17.7 Å². The van der Waals surface area contributed by atoms with Crippen molar-refractivity contribution in [2.75, 3.05) is 18.6 Å². The summed E-state index contributed by atoms with van der Waals surface area (Å²) in [7, 11) is 0. The first-order valence-corrected chi connectivity index (χ1v) is 8.56. The monoisotopic (exact) mass is 272 g/mol. The van der Waals surface area contributed by atoms with Crippen LogP contribution in [-0.4, -0.2) is 41.6 Å². The molecule has 4 heteroatoms. The molecule has 1 saturated heterocycles. The summed E-state index contributed by atoms with van der Waals surface area (Å²) in [6.07, 6.45) is 6.72. The number of thioether (sulfide) groups is 1. The molecule has 3 nitrogen and oxygen atoms in total. The fraction of sp³-hybridized carbons (Fsp3) is 0.929. The van der Waals surface area contributed by atoms with E-state index in [0.29, 0.717) is 11.8 Å². The van der Waals surface area contributed by atoms with E-state index in [4.69, 9.17) is 0 Å². The highest BCUT2D eigenvalue weighted by atomic mass is 32.2. The van der Waals surface area contributed by atoms with Gasteiger partial charge in [-0.25, -0.2) is 0 Å². The molecule has 0 spiro atoms. The van der Waals surface area contributed by atoms with E-state index in [1.807, 2.05) is 11.8 Å². The molecule has 1 aliphatic rings. The number of nitrogens with one attached hydrogen (secondary N) is 1. The predicted molar refractivity (Wildman–Crippen MR) is 79.8 cm³/mol. The molecule has 1 N–H and O–H groups in total. The van der Waals surface area contributed by atoms with Gasteiger partial charge in [0.1, 0.15) is 0 Å². The molecule has 0 saturated carbocycles. The molecule has 1 amide bonds. The number of nitrogens with zero attached hydrogens (tertiary/aromatic N) is 1. The first-order valence-electron chi connectivity index (χ1n) is 7.17. The lowest BCUT2D eigenvalue weighted by Crippen LogP contribution is -2.42. The maximum Gasteiger partial charge on any atom is 0.241 e. The third kappa shape index (κ3) is 4.16. The molecular formula is C14H28N2OS. The summed E-state index contributed by atoms with van der Waals surface area (Å²) in [6.45, 7) is 7.43. The number of amides is 1. The molecule has 2 atom stereocenters. The second-order valence-corrected chi connectivity index (χ2v) is 6.41. The largest absolute Gasteiger partial charge is 0.326 e. The molecule has 0 aromatic rings. The van der Waals surface area contributed by atoms with Crippen molar-refractivity contribution in [1.29, 1.82) is 0 Å². The molecule has 106 valence electrons. The fourth-order valence-electron chi connectivity index (χ4n) is 2.53. The molecule has 1 heterocycles. The van der Waals surface area contributed by atoms with Crippen molar-refractivity contribution in [3.05, 3.63) is 0 Å². The Labute approximate surface area is 116 Å². The second-order valence-electron chi connectivity index (χ2n) is 5.43. The van der Waals surface area contributed by atoms with Crippen LogP contribution in [0.25, 0.3) is 0 Å². The first kappa shape index (κ1) is 15.8. The minimum atomic E-state index is 0.0583. The van der Waals surface area contributed by atoms with Gasteiger partial charge in [-0.05, 0) is 37.2 Å². The smallest absolute Gasteiger partial charge is 0.241 e. The summed E-state index contributed by atoms with van der Waals surface area (Å²) in [4.78, 5) is 14.4. The Morgan fingerprint density at radius 3 is 2.67 bits per heavy atom. The maximum absolute atomic E-state index is 12.3. The van der Waals surface area contributed by atoms with Crippen LogP contribution < -0.4 is 5.32 Å². The van der Waals surface area contributed by atoms with Crippen LogP contribution in [0.2, 0.25) is 0 Å². The van der Waals surface area contributed by atoms with E-state index in [-0.39, 0.29) is 12.2 Å². The lowest BCUT2D eigenvalue weighted by Gasteiger charge is -2.27. The molecule has 1 aliphatic heterocycles. The first-order chi connectivity index (χ1) is 8.61. The number of carbonyl (C=O) groups excluding carboxylic acids is 1. The van der Waals surface area contributed by atoms with Crippen molar-refractivity contribution in [2.24, 2.45) is 5.92 Å². The second kappa shape index (κ2) is 8.05. The minimum Gasteiger partial charge on any atom is -0.326 e. The summed E-state index contributed by atoms with van der Waals surface area (Å²) in [5.41, 5.74) is 0. The SMILES string of the molecule is CCCC1NC(C(C)C)N(CCCCSC)C1=O. The van der Waals surface area contributed by atoms with E-state index in [1.165, 1.54) is 12.2 Å². The van der Waals surface area contributed by atoms with Gasteiger partial charge >= 0.3 is 0 Å². The van der Waals surface area contributed by atoms with E-state index < -0.39 is 0 Å². The van der Waals surface area contributed by atoms with Gasteiger partial charge in [0.25, 0.3) is 0 Å². The Kier molecular flexibility index (Phi) is 7.08. The zero-order chi connectivity index (χ0) is 13.5. The van der Waals surface area contributed by atoms with E-state index in [9.17, 15) is 4.79 Å². The van der Waals surface area contributed by atoms with Gasteiger partial charge < -0.3 is 4.90 Å².